The van der Waals surface area contributed by atoms with Crippen molar-refractivity contribution in [2.45, 2.75) is 17.7 Å². The van der Waals surface area contributed by atoms with Gasteiger partial charge in [-0.05, 0) is 25.0 Å². The minimum absolute atomic E-state index is 0.0142. The molecule has 8 nitrogen and oxygen atoms in total. The van der Waals surface area contributed by atoms with E-state index < -0.39 is 20.0 Å². The van der Waals surface area contributed by atoms with E-state index in [0.717, 1.165) is 12.8 Å². The van der Waals surface area contributed by atoms with Gasteiger partial charge in [-0.2, -0.15) is 0 Å². The van der Waals surface area contributed by atoms with Crippen molar-refractivity contribution in [1.82, 2.24) is 9.03 Å². The molecule has 2 aliphatic heterocycles. The van der Waals surface area contributed by atoms with E-state index in [1.807, 2.05) is 0 Å². The van der Waals surface area contributed by atoms with Crippen LogP contribution < -0.4 is 14.2 Å². The Morgan fingerprint density at radius 3 is 2.48 bits per heavy atom. The van der Waals surface area contributed by atoms with Crippen LogP contribution in [0.15, 0.2) is 23.1 Å². The van der Waals surface area contributed by atoms with Crippen LogP contribution in [0.1, 0.15) is 12.8 Å². The molecule has 23 heavy (non-hydrogen) atoms. The Bertz CT molecular complexity index is 785. The van der Waals surface area contributed by atoms with Crippen LogP contribution in [0.2, 0.25) is 0 Å². The van der Waals surface area contributed by atoms with E-state index in [4.69, 9.17) is 9.47 Å². The van der Waals surface area contributed by atoms with Crippen molar-refractivity contribution in [3.63, 3.8) is 0 Å². The zero-order valence-electron chi connectivity index (χ0n) is 12.4. The Hall–Kier alpha value is -1.36. The molecule has 1 aromatic rings. The molecule has 128 valence electrons. The summed E-state index contributed by atoms with van der Waals surface area (Å²) in [6.45, 7) is 0.907. The highest BCUT2D eigenvalue weighted by atomic mass is 32.2. The van der Waals surface area contributed by atoms with Crippen molar-refractivity contribution < 1.29 is 26.3 Å². The average molecular weight is 362 g/mol. The van der Waals surface area contributed by atoms with Gasteiger partial charge in [0.1, 0.15) is 0 Å². The number of sulfonamides is 2. The highest BCUT2D eigenvalue weighted by Crippen LogP contribution is 2.33. The number of hydrogen-bond acceptors (Lipinski definition) is 6. The molecule has 1 N–H and O–H groups in total. The van der Waals surface area contributed by atoms with E-state index >= 15 is 0 Å². The second-order valence-corrected chi connectivity index (χ2v) is 9.19. The molecule has 0 atom stereocenters. The first-order valence-electron chi connectivity index (χ1n) is 7.26. The Morgan fingerprint density at radius 1 is 1.04 bits per heavy atom. The lowest BCUT2D eigenvalue weighted by Gasteiger charge is -2.15. The average Bonchev–Trinajstić information content (AvgIpc) is 3.17. The Labute approximate surface area is 135 Å². The number of fused-ring (bicyclic) bond motifs is 1. The first kappa shape index (κ1) is 16.5. The maximum Gasteiger partial charge on any atom is 0.240 e. The van der Waals surface area contributed by atoms with E-state index in [1.54, 1.807) is 0 Å². The quantitative estimate of drug-likeness (QED) is 0.771. The summed E-state index contributed by atoms with van der Waals surface area (Å²) < 4.78 is 62.6. The van der Waals surface area contributed by atoms with Gasteiger partial charge in [-0.1, -0.05) is 0 Å². The molecule has 1 saturated heterocycles. The molecule has 1 aromatic carbocycles. The minimum Gasteiger partial charge on any atom is -0.454 e. The fourth-order valence-corrected chi connectivity index (χ4v) is 5.14. The third-order valence-electron chi connectivity index (χ3n) is 3.76. The second-order valence-electron chi connectivity index (χ2n) is 5.34. The van der Waals surface area contributed by atoms with E-state index in [-0.39, 0.29) is 24.0 Å². The van der Waals surface area contributed by atoms with E-state index in [2.05, 4.69) is 4.72 Å². The first-order valence-corrected chi connectivity index (χ1v) is 10.3. The van der Waals surface area contributed by atoms with Gasteiger partial charge < -0.3 is 9.47 Å². The molecule has 0 radical (unpaired) electrons. The predicted octanol–water partition coefficient (Wildman–Crippen LogP) is 0.119. The lowest BCUT2D eigenvalue weighted by Crippen LogP contribution is -2.36. The molecular formula is C13H18N2O6S2. The predicted molar refractivity (Wildman–Crippen MR) is 82.3 cm³/mol. The van der Waals surface area contributed by atoms with Crippen LogP contribution in [-0.2, 0) is 20.0 Å². The highest BCUT2D eigenvalue weighted by Gasteiger charge is 2.26. The van der Waals surface area contributed by atoms with Crippen LogP contribution in [0.4, 0.5) is 0 Å². The van der Waals surface area contributed by atoms with Gasteiger partial charge in [0, 0.05) is 25.7 Å². The molecule has 0 saturated carbocycles. The Balaban J connectivity index is 1.63. The van der Waals surface area contributed by atoms with Crippen LogP contribution in [0.25, 0.3) is 0 Å². The van der Waals surface area contributed by atoms with Crippen molar-refractivity contribution in [1.29, 1.82) is 0 Å². The molecule has 0 amide bonds. The summed E-state index contributed by atoms with van der Waals surface area (Å²) in [5, 5.41) is 0. The zero-order valence-corrected chi connectivity index (χ0v) is 14.0. The van der Waals surface area contributed by atoms with Crippen LogP contribution >= 0.6 is 0 Å². The number of rotatable bonds is 6. The van der Waals surface area contributed by atoms with Gasteiger partial charge in [-0.3, -0.25) is 0 Å². The highest BCUT2D eigenvalue weighted by molar-refractivity contribution is 7.90. The van der Waals surface area contributed by atoms with Gasteiger partial charge in [0.05, 0.1) is 10.6 Å². The maximum atomic E-state index is 12.2. The molecule has 0 unspecified atom stereocenters. The topological polar surface area (TPSA) is 102 Å². The van der Waals surface area contributed by atoms with E-state index in [0.29, 0.717) is 24.6 Å². The zero-order chi connectivity index (χ0) is 16.5. The second kappa shape index (κ2) is 6.27. The minimum atomic E-state index is -3.80. The van der Waals surface area contributed by atoms with Crippen molar-refractivity contribution in [3.05, 3.63) is 18.2 Å². The van der Waals surface area contributed by atoms with Crippen molar-refractivity contribution in [2.75, 3.05) is 32.2 Å². The van der Waals surface area contributed by atoms with Crippen LogP contribution in [-0.4, -0.2) is 53.3 Å². The first-order chi connectivity index (χ1) is 10.9. The summed E-state index contributed by atoms with van der Waals surface area (Å²) in [5.74, 6) is 0.592. The summed E-state index contributed by atoms with van der Waals surface area (Å²) in [4.78, 5) is 0.0142. The standard InChI is InChI=1S/C13H18N2O6S2/c16-22(17,15-6-1-2-7-15)8-5-14-23(18,19)11-3-4-12-13(9-11)21-10-20-12/h3-4,9,14H,1-2,5-8,10H2. The third kappa shape index (κ3) is 3.60. The molecule has 3 rings (SSSR count). The lowest BCUT2D eigenvalue weighted by molar-refractivity contribution is 0.174. The number of hydrogen-bond donors (Lipinski definition) is 1. The molecule has 2 aliphatic rings. The van der Waals surface area contributed by atoms with Gasteiger partial charge in [-0.25, -0.2) is 25.9 Å². The van der Waals surface area contributed by atoms with Crippen molar-refractivity contribution in [3.8, 4) is 11.5 Å². The third-order valence-corrected chi connectivity index (χ3v) is 7.10. The van der Waals surface area contributed by atoms with Gasteiger partial charge in [0.15, 0.2) is 11.5 Å². The van der Waals surface area contributed by atoms with E-state index in [1.165, 1.54) is 22.5 Å². The molecule has 0 aromatic heterocycles. The fourth-order valence-electron chi connectivity index (χ4n) is 2.53. The summed E-state index contributed by atoms with van der Waals surface area (Å²) >= 11 is 0. The summed E-state index contributed by atoms with van der Waals surface area (Å²) in [5.41, 5.74) is 0. The normalized spacial score (nSPS) is 18.4. The number of benzene rings is 1. The number of nitrogens with zero attached hydrogens (tertiary/aromatic N) is 1. The van der Waals surface area contributed by atoms with Gasteiger partial charge in [-0.15, -0.1) is 0 Å². The molecule has 2 heterocycles. The summed E-state index contributed by atoms with van der Waals surface area (Å²) in [6, 6.07) is 4.27. The molecule has 0 spiro atoms. The maximum absolute atomic E-state index is 12.2. The number of nitrogens with one attached hydrogen (secondary N) is 1. The Kier molecular flexibility index (Phi) is 4.50. The largest absolute Gasteiger partial charge is 0.454 e. The van der Waals surface area contributed by atoms with Crippen LogP contribution in [0, 0.1) is 0 Å². The van der Waals surface area contributed by atoms with Crippen molar-refractivity contribution in [2.24, 2.45) is 0 Å². The fraction of sp³-hybridized carbons (Fsp3) is 0.538. The molecule has 0 aliphatic carbocycles. The summed E-state index contributed by atoms with van der Waals surface area (Å²) in [6.07, 6.45) is 1.70. The lowest BCUT2D eigenvalue weighted by atomic mass is 10.3. The smallest absolute Gasteiger partial charge is 0.240 e. The molecule has 1 fully saturated rings. The van der Waals surface area contributed by atoms with Crippen LogP contribution in [0.5, 0.6) is 11.5 Å². The summed E-state index contributed by atoms with van der Waals surface area (Å²) in [7, 11) is -7.21. The van der Waals surface area contributed by atoms with E-state index in [9.17, 15) is 16.8 Å². The number of ether oxygens (including phenoxy) is 2. The molecular weight excluding hydrogens is 344 g/mol. The van der Waals surface area contributed by atoms with Crippen LogP contribution in [0.3, 0.4) is 0 Å². The molecule has 10 heteroatoms. The Morgan fingerprint density at radius 2 is 1.74 bits per heavy atom. The van der Waals surface area contributed by atoms with Crippen molar-refractivity contribution >= 4 is 20.0 Å². The van der Waals surface area contributed by atoms with Gasteiger partial charge in [0.2, 0.25) is 26.8 Å². The SMILES string of the molecule is O=S(=O)(NCCS(=O)(=O)N1CCCC1)c1ccc2c(c1)OCO2. The monoisotopic (exact) mass is 362 g/mol. The van der Waals surface area contributed by atoms with Gasteiger partial charge >= 0.3 is 0 Å². The molecule has 0 bridgehead atoms. The van der Waals surface area contributed by atoms with Gasteiger partial charge in [0.25, 0.3) is 0 Å².